The van der Waals surface area contributed by atoms with Crippen molar-refractivity contribution in [2.45, 2.75) is 33.6 Å². The lowest BCUT2D eigenvalue weighted by Gasteiger charge is -1.90. The molecule has 0 unspecified atom stereocenters. The zero-order valence-electron chi connectivity index (χ0n) is 6.77. The first kappa shape index (κ1) is 7.73. The summed E-state index contributed by atoms with van der Waals surface area (Å²) in [4.78, 5) is 5.81. The van der Waals surface area contributed by atoms with E-state index in [4.69, 9.17) is 0 Å². The molecule has 1 aromatic heterocycles. The van der Waals surface area contributed by atoms with Gasteiger partial charge in [-0.3, -0.25) is 0 Å². The Balaban J connectivity index is 2.81. The van der Waals surface area contributed by atoms with Crippen LogP contribution in [0.1, 0.15) is 28.9 Å². The number of thiazole rings is 1. The third-order valence-corrected chi connectivity index (χ3v) is 2.61. The van der Waals surface area contributed by atoms with Crippen molar-refractivity contribution in [2.75, 3.05) is 0 Å². The van der Waals surface area contributed by atoms with Gasteiger partial charge in [0.15, 0.2) is 0 Å². The maximum Gasteiger partial charge on any atom is 0.0900 e. The van der Waals surface area contributed by atoms with Gasteiger partial charge in [0.05, 0.1) is 10.7 Å². The van der Waals surface area contributed by atoms with Gasteiger partial charge in [0.1, 0.15) is 0 Å². The SMILES string of the molecule is CCCc1sc(C)nc1C. The number of aryl methyl sites for hydroxylation is 3. The molecule has 1 rings (SSSR count). The van der Waals surface area contributed by atoms with E-state index in [9.17, 15) is 0 Å². The molecule has 0 aromatic carbocycles. The van der Waals surface area contributed by atoms with Gasteiger partial charge in [-0.05, 0) is 20.3 Å². The predicted molar refractivity (Wildman–Crippen MR) is 45.6 cm³/mol. The van der Waals surface area contributed by atoms with Crippen molar-refractivity contribution in [1.82, 2.24) is 4.98 Å². The van der Waals surface area contributed by atoms with Gasteiger partial charge in [0, 0.05) is 4.88 Å². The lowest BCUT2D eigenvalue weighted by Crippen LogP contribution is -1.80. The highest BCUT2D eigenvalue weighted by Gasteiger charge is 2.01. The van der Waals surface area contributed by atoms with E-state index in [2.05, 4.69) is 25.8 Å². The van der Waals surface area contributed by atoms with Crippen molar-refractivity contribution in [2.24, 2.45) is 0 Å². The minimum atomic E-state index is 1.19. The topological polar surface area (TPSA) is 12.9 Å². The van der Waals surface area contributed by atoms with Crippen molar-refractivity contribution in [3.8, 4) is 0 Å². The number of hydrogen-bond donors (Lipinski definition) is 0. The minimum absolute atomic E-state index is 1.19. The van der Waals surface area contributed by atoms with Gasteiger partial charge in [0.2, 0.25) is 0 Å². The highest BCUT2D eigenvalue weighted by Crippen LogP contribution is 2.18. The molecule has 0 aliphatic heterocycles. The summed E-state index contributed by atoms with van der Waals surface area (Å²) in [6.45, 7) is 6.36. The molecule has 0 radical (unpaired) electrons. The molecule has 0 bridgehead atoms. The molecule has 0 saturated carbocycles. The molecule has 0 atom stereocenters. The number of hydrogen-bond acceptors (Lipinski definition) is 2. The molecule has 0 fully saturated rings. The molecule has 0 aliphatic rings. The second-order valence-corrected chi connectivity index (χ2v) is 3.78. The molecule has 0 spiro atoms. The Bertz CT molecular complexity index is 215. The summed E-state index contributed by atoms with van der Waals surface area (Å²) in [7, 11) is 0. The van der Waals surface area contributed by atoms with Crippen molar-refractivity contribution < 1.29 is 0 Å². The maximum atomic E-state index is 4.35. The molecule has 1 nitrogen and oxygen atoms in total. The van der Waals surface area contributed by atoms with E-state index in [0.29, 0.717) is 0 Å². The van der Waals surface area contributed by atoms with Gasteiger partial charge in [0.25, 0.3) is 0 Å². The minimum Gasteiger partial charge on any atom is -0.247 e. The van der Waals surface area contributed by atoms with Crippen molar-refractivity contribution in [1.29, 1.82) is 0 Å². The number of aromatic nitrogens is 1. The monoisotopic (exact) mass is 155 g/mol. The maximum absolute atomic E-state index is 4.35. The predicted octanol–water partition coefficient (Wildman–Crippen LogP) is 2.71. The number of nitrogens with zero attached hydrogens (tertiary/aromatic N) is 1. The van der Waals surface area contributed by atoms with Gasteiger partial charge >= 0.3 is 0 Å². The van der Waals surface area contributed by atoms with Crippen LogP contribution in [0.5, 0.6) is 0 Å². The van der Waals surface area contributed by atoms with Crippen LogP contribution < -0.4 is 0 Å². The van der Waals surface area contributed by atoms with Gasteiger partial charge in [-0.1, -0.05) is 13.3 Å². The summed E-state index contributed by atoms with van der Waals surface area (Å²) in [6, 6.07) is 0. The summed E-state index contributed by atoms with van der Waals surface area (Å²) in [6.07, 6.45) is 2.42. The smallest absolute Gasteiger partial charge is 0.0900 e. The van der Waals surface area contributed by atoms with E-state index in [-0.39, 0.29) is 0 Å². The summed E-state index contributed by atoms with van der Waals surface area (Å²) in [5, 5.41) is 1.20. The third kappa shape index (κ3) is 1.57. The first-order valence-electron chi connectivity index (χ1n) is 3.67. The van der Waals surface area contributed by atoms with Crippen LogP contribution >= 0.6 is 11.3 Å². The van der Waals surface area contributed by atoms with E-state index in [1.165, 1.54) is 28.4 Å². The van der Waals surface area contributed by atoms with Crippen molar-refractivity contribution in [3.05, 3.63) is 15.6 Å². The van der Waals surface area contributed by atoms with Crippen LogP contribution in [0.3, 0.4) is 0 Å². The Hall–Kier alpha value is -0.370. The lowest BCUT2D eigenvalue weighted by atomic mass is 10.2. The fourth-order valence-electron chi connectivity index (χ4n) is 1.03. The van der Waals surface area contributed by atoms with Gasteiger partial charge in [-0.25, -0.2) is 4.98 Å². The highest BCUT2D eigenvalue weighted by atomic mass is 32.1. The molecule has 10 heavy (non-hydrogen) atoms. The summed E-state index contributed by atoms with van der Waals surface area (Å²) >= 11 is 1.83. The Morgan fingerprint density at radius 2 is 2.10 bits per heavy atom. The zero-order valence-corrected chi connectivity index (χ0v) is 7.59. The van der Waals surface area contributed by atoms with Crippen molar-refractivity contribution in [3.63, 3.8) is 0 Å². The quantitative estimate of drug-likeness (QED) is 0.640. The van der Waals surface area contributed by atoms with Crippen LogP contribution in [0.2, 0.25) is 0 Å². The molecule has 2 heteroatoms. The normalized spacial score (nSPS) is 10.3. The average Bonchev–Trinajstić information content (AvgIpc) is 2.13. The standard InChI is InChI=1S/C8H13NS/c1-4-5-8-6(2)9-7(3)10-8/h4-5H2,1-3H3. The van der Waals surface area contributed by atoms with Crippen LogP contribution in [0.4, 0.5) is 0 Å². The molecular weight excluding hydrogens is 142 g/mol. The van der Waals surface area contributed by atoms with Crippen LogP contribution in [-0.2, 0) is 6.42 Å². The first-order chi connectivity index (χ1) is 4.74. The summed E-state index contributed by atoms with van der Waals surface area (Å²) < 4.78 is 0. The van der Waals surface area contributed by atoms with Crippen LogP contribution in [-0.4, -0.2) is 4.98 Å². The Morgan fingerprint density at radius 1 is 1.40 bits per heavy atom. The molecular formula is C8H13NS. The van der Waals surface area contributed by atoms with Crippen LogP contribution in [0, 0.1) is 13.8 Å². The molecule has 1 aromatic rings. The Kier molecular flexibility index (Phi) is 2.44. The van der Waals surface area contributed by atoms with Crippen LogP contribution in [0.15, 0.2) is 0 Å². The van der Waals surface area contributed by atoms with Gasteiger partial charge in [-0.2, -0.15) is 0 Å². The molecule has 56 valence electrons. The summed E-state index contributed by atoms with van der Waals surface area (Å²) in [5.74, 6) is 0. The molecule has 1 heterocycles. The van der Waals surface area contributed by atoms with Gasteiger partial charge < -0.3 is 0 Å². The lowest BCUT2D eigenvalue weighted by molar-refractivity contribution is 0.924. The van der Waals surface area contributed by atoms with E-state index in [0.717, 1.165) is 0 Å². The Labute approximate surface area is 66.1 Å². The second kappa shape index (κ2) is 3.15. The van der Waals surface area contributed by atoms with E-state index >= 15 is 0 Å². The van der Waals surface area contributed by atoms with E-state index < -0.39 is 0 Å². The van der Waals surface area contributed by atoms with E-state index in [1.54, 1.807) is 0 Å². The van der Waals surface area contributed by atoms with Crippen molar-refractivity contribution >= 4 is 11.3 Å². The molecule has 0 N–H and O–H groups in total. The highest BCUT2D eigenvalue weighted by molar-refractivity contribution is 7.11. The zero-order chi connectivity index (χ0) is 7.56. The molecule has 0 saturated heterocycles. The average molecular weight is 155 g/mol. The Morgan fingerprint density at radius 3 is 2.50 bits per heavy atom. The van der Waals surface area contributed by atoms with E-state index in [1.807, 2.05) is 11.3 Å². The molecule has 0 aliphatic carbocycles. The largest absolute Gasteiger partial charge is 0.247 e. The number of rotatable bonds is 2. The fourth-order valence-corrected chi connectivity index (χ4v) is 2.07. The van der Waals surface area contributed by atoms with Gasteiger partial charge in [-0.15, -0.1) is 11.3 Å². The van der Waals surface area contributed by atoms with Crippen LogP contribution in [0.25, 0.3) is 0 Å². The third-order valence-electron chi connectivity index (χ3n) is 1.48. The second-order valence-electron chi connectivity index (χ2n) is 2.49. The first-order valence-corrected chi connectivity index (χ1v) is 4.48. The summed E-state index contributed by atoms with van der Waals surface area (Å²) in [5.41, 5.74) is 1.23. The fraction of sp³-hybridized carbons (Fsp3) is 0.625. The molecule has 0 amide bonds.